The van der Waals surface area contributed by atoms with Crippen LogP contribution in [0.25, 0.3) is 21.8 Å². The number of methoxy groups -OCH3 is 1. The Balaban J connectivity index is 1.33. The number of ketones is 1. The first-order valence-electron chi connectivity index (χ1n) is 10.8. The normalized spacial score (nSPS) is 10.6. The maximum atomic E-state index is 12.5. The van der Waals surface area contributed by atoms with E-state index < -0.39 is 0 Å². The number of thiazole rings is 1. The first-order chi connectivity index (χ1) is 16.5. The van der Waals surface area contributed by atoms with E-state index in [-0.39, 0.29) is 24.5 Å². The number of carbonyl (C=O) groups excluding carboxylic acids is 2. The molecule has 0 aliphatic carbocycles. The number of carbonyl (C=O) groups is 2. The molecule has 1 N–H and O–H groups in total. The second kappa shape index (κ2) is 11.1. The number of rotatable bonds is 9. The maximum absolute atomic E-state index is 12.5. The number of ether oxygens (including phenoxy) is 1. The van der Waals surface area contributed by atoms with Gasteiger partial charge in [-0.15, -0.1) is 11.3 Å². The Morgan fingerprint density at radius 1 is 0.971 bits per heavy atom. The van der Waals surface area contributed by atoms with Crippen LogP contribution in [0.4, 0.5) is 0 Å². The summed E-state index contributed by atoms with van der Waals surface area (Å²) in [7, 11) is 1.50. The molecule has 0 spiro atoms. The van der Waals surface area contributed by atoms with Crippen molar-refractivity contribution < 1.29 is 14.3 Å². The molecule has 1 amide bonds. The molecule has 4 aromatic rings. The number of aromatic nitrogens is 1. The standard InChI is InChI=1S/C27H23ClN2O3S/c1-33-25-12-10-21(28)15-22(25)24(31)11-13-26(32)29-16-18-6-5-9-20(14-18)27-30-23(17-34-27)19-7-3-2-4-8-19/h2-10,12,14-15,17H,11,13,16H2,1H3,(H,29,32). The molecule has 0 saturated carbocycles. The van der Waals surface area contributed by atoms with Gasteiger partial charge in [0.05, 0.1) is 18.4 Å². The van der Waals surface area contributed by atoms with E-state index >= 15 is 0 Å². The van der Waals surface area contributed by atoms with Gasteiger partial charge in [-0.05, 0) is 29.8 Å². The van der Waals surface area contributed by atoms with Gasteiger partial charge in [0.2, 0.25) is 5.91 Å². The molecule has 0 aliphatic heterocycles. The van der Waals surface area contributed by atoms with Crippen LogP contribution in [0.1, 0.15) is 28.8 Å². The Hall–Kier alpha value is -3.48. The monoisotopic (exact) mass is 490 g/mol. The van der Waals surface area contributed by atoms with Gasteiger partial charge in [-0.2, -0.15) is 0 Å². The highest BCUT2D eigenvalue weighted by molar-refractivity contribution is 7.13. The van der Waals surface area contributed by atoms with E-state index in [0.29, 0.717) is 22.9 Å². The third-order valence-electron chi connectivity index (χ3n) is 5.28. The van der Waals surface area contributed by atoms with Gasteiger partial charge < -0.3 is 10.1 Å². The van der Waals surface area contributed by atoms with E-state index in [1.54, 1.807) is 29.5 Å². The number of nitrogens with zero attached hydrogens (tertiary/aromatic N) is 1. The Morgan fingerprint density at radius 3 is 2.56 bits per heavy atom. The number of halogens is 1. The average molecular weight is 491 g/mol. The molecule has 0 atom stereocenters. The minimum absolute atomic E-state index is 0.0734. The molecule has 1 aromatic heterocycles. The SMILES string of the molecule is COc1ccc(Cl)cc1C(=O)CCC(=O)NCc1cccc(-c2nc(-c3ccccc3)cs2)c1. The van der Waals surface area contributed by atoms with Crippen molar-refractivity contribution in [2.24, 2.45) is 0 Å². The minimum Gasteiger partial charge on any atom is -0.496 e. The van der Waals surface area contributed by atoms with Gasteiger partial charge in [0, 0.05) is 40.9 Å². The molecule has 1 heterocycles. The number of hydrogen-bond acceptors (Lipinski definition) is 5. The summed E-state index contributed by atoms with van der Waals surface area (Å²) in [5, 5.41) is 6.31. The molecule has 0 fully saturated rings. The number of hydrogen-bond donors (Lipinski definition) is 1. The van der Waals surface area contributed by atoms with Crippen LogP contribution in [0.5, 0.6) is 5.75 Å². The van der Waals surface area contributed by atoms with Gasteiger partial charge in [-0.1, -0.05) is 60.1 Å². The lowest BCUT2D eigenvalue weighted by molar-refractivity contribution is -0.121. The lowest BCUT2D eigenvalue weighted by Gasteiger charge is -2.09. The lowest BCUT2D eigenvalue weighted by atomic mass is 10.1. The smallest absolute Gasteiger partial charge is 0.220 e. The van der Waals surface area contributed by atoms with Crippen LogP contribution in [0.3, 0.4) is 0 Å². The summed E-state index contributed by atoms with van der Waals surface area (Å²) in [6.07, 6.45) is 0.158. The van der Waals surface area contributed by atoms with Gasteiger partial charge in [-0.3, -0.25) is 9.59 Å². The summed E-state index contributed by atoms with van der Waals surface area (Å²) in [4.78, 5) is 29.7. The number of benzene rings is 3. The fourth-order valence-electron chi connectivity index (χ4n) is 3.51. The lowest BCUT2D eigenvalue weighted by Crippen LogP contribution is -2.23. The van der Waals surface area contributed by atoms with Crippen molar-refractivity contribution in [1.29, 1.82) is 0 Å². The summed E-state index contributed by atoms with van der Waals surface area (Å²) >= 11 is 7.59. The Morgan fingerprint density at radius 2 is 1.76 bits per heavy atom. The summed E-state index contributed by atoms with van der Waals surface area (Å²) in [5.74, 6) is 0.0686. The van der Waals surface area contributed by atoms with Crippen LogP contribution in [0.2, 0.25) is 5.02 Å². The molecule has 0 aliphatic rings. The highest BCUT2D eigenvalue weighted by Gasteiger charge is 2.15. The average Bonchev–Trinajstić information content (AvgIpc) is 3.37. The molecule has 7 heteroatoms. The molecule has 5 nitrogen and oxygen atoms in total. The number of nitrogens with one attached hydrogen (secondary N) is 1. The molecular formula is C27H23ClN2O3S. The molecule has 0 saturated heterocycles. The van der Waals surface area contributed by atoms with Crippen LogP contribution < -0.4 is 10.1 Å². The highest BCUT2D eigenvalue weighted by Crippen LogP contribution is 2.29. The maximum Gasteiger partial charge on any atom is 0.220 e. The fraction of sp³-hybridized carbons (Fsp3) is 0.148. The predicted molar refractivity (Wildman–Crippen MR) is 136 cm³/mol. The second-order valence-corrected chi connectivity index (χ2v) is 8.94. The first kappa shape index (κ1) is 23.7. The quantitative estimate of drug-likeness (QED) is 0.275. The number of Topliss-reactive ketones (excluding diaryl/α,β-unsaturated/α-hetero) is 1. The van der Waals surface area contributed by atoms with Crippen molar-refractivity contribution in [3.05, 3.63) is 94.3 Å². The van der Waals surface area contributed by atoms with Crippen molar-refractivity contribution in [3.63, 3.8) is 0 Å². The van der Waals surface area contributed by atoms with Gasteiger partial charge in [0.15, 0.2) is 5.78 Å². The molecule has 4 rings (SSSR count). The van der Waals surface area contributed by atoms with E-state index in [0.717, 1.165) is 27.4 Å². The van der Waals surface area contributed by atoms with Crippen LogP contribution in [0, 0.1) is 0 Å². The molecule has 3 aromatic carbocycles. The summed E-state index contributed by atoms with van der Waals surface area (Å²) in [6.45, 7) is 0.373. The Kier molecular flexibility index (Phi) is 7.72. The predicted octanol–water partition coefficient (Wildman–Crippen LogP) is 6.42. The molecule has 34 heavy (non-hydrogen) atoms. The molecule has 0 bridgehead atoms. The van der Waals surface area contributed by atoms with E-state index in [9.17, 15) is 9.59 Å². The Bertz CT molecular complexity index is 1300. The third-order valence-corrected chi connectivity index (χ3v) is 6.40. The van der Waals surface area contributed by atoms with Crippen LogP contribution in [-0.2, 0) is 11.3 Å². The van der Waals surface area contributed by atoms with Crippen molar-refractivity contribution in [2.45, 2.75) is 19.4 Å². The molecule has 0 radical (unpaired) electrons. The summed E-state index contributed by atoms with van der Waals surface area (Å²) in [5.41, 5.74) is 4.37. The van der Waals surface area contributed by atoms with Crippen molar-refractivity contribution in [2.75, 3.05) is 7.11 Å². The van der Waals surface area contributed by atoms with Crippen molar-refractivity contribution in [3.8, 4) is 27.6 Å². The zero-order valence-corrected chi connectivity index (χ0v) is 20.2. The van der Waals surface area contributed by atoms with Crippen LogP contribution in [-0.4, -0.2) is 23.8 Å². The van der Waals surface area contributed by atoms with Crippen molar-refractivity contribution in [1.82, 2.24) is 10.3 Å². The highest BCUT2D eigenvalue weighted by atomic mass is 35.5. The van der Waals surface area contributed by atoms with E-state index in [2.05, 4.69) is 5.32 Å². The van der Waals surface area contributed by atoms with E-state index in [4.69, 9.17) is 21.3 Å². The largest absolute Gasteiger partial charge is 0.496 e. The van der Waals surface area contributed by atoms with E-state index in [1.807, 2.05) is 60.0 Å². The van der Waals surface area contributed by atoms with Gasteiger partial charge in [0.25, 0.3) is 0 Å². The fourth-order valence-corrected chi connectivity index (χ4v) is 4.51. The van der Waals surface area contributed by atoms with Gasteiger partial charge >= 0.3 is 0 Å². The van der Waals surface area contributed by atoms with Crippen LogP contribution >= 0.6 is 22.9 Å². The molecule has 172 valence electrons. The summed E-state index contributed by atoms with van der Waals surface area (Å²) < 4.78 is 5.22. The summed E-state index contributed by atoms with van der Waals surface area (Å²) in [6, 6.07) is 22.9. The first-order valence-corrected chi connectivity index (χ1v) is 12.0. The number of amides is 1. The second-order valence-electron chi connectivity index (χ2n) is 7.65. The molecule has 0 unspecified atom stereocenters. The topological polar surface area (TPSA) is 68.3 Å². The van der Waals surface area contributed by atoms with Crippen LogP contribution in [0.15, 0.2) is 78.2 Å². The van der Waals surface area contributed by atoms with Crippen molar-refractivity contribution >= 4 is 34.6 Å². The zero-order chi connectivity index (χ0) is 23.9. The Labute approximate surface area is 207 Å². The zero-order valence-electron chi connectivity index (χ0n) is 18.6. The van der Waals surface area contributed by atoms with Gasteiger partial charge in [-0.25, -0.2) is 4.98 Å². The van der Waals surface area contributed by atoms with Gasteiger partial charge in [0.1, 0.15) is 10.8 Å². The minimum atomic E-state index is -0.194. The molecular weight excluding hydrogens is 468 g/mol. The van der Waals surface area contributed by atoms with E-state index in [1.165, 1.54) is 7.11 Å². The third kappa shape index (κ3) is 5.90.